The van der Waals surface area contributed by atoms with E-state index in [4.69, 9.17) is 4.42 Å². The summed E-state index contributed by atoms with van der Waals surface area (Å²) in [5.41, 5.74) is -0.218. The Morgan fingerprint density at radius 3 is 2.81 bits per heavy atom. The third-order valence-electron chi connectivity index (χ3n) is 2.75. The molecule has 0 aliphatic heterocycles. The zero-order valence-electron chi connectivity index (χ0n) is 9.53. The molecule has 2 heteroatoms. The lowest BCUT2D eigenvalue weighted by molar-refractivity contribution is 0.458. The Balaban J connectivity index is 2.31. The predicted molar refractivity (Wildman–Crippen MR) is 65.7 cm³/mol. The van der Waals surface area contributed by atoms with Crippen LogP contribution in [0.5, 0.6) is 0 Å². The van der Waals surface area contributed by atoms with Crippen molar-refractivity contribution in [1.82, 2.24) is 0 Å². The zero-order chi connectivity index (χ0) is 11.4. The van der Waals surface area contributed by atoms with Gasteiger partial charge in [-0.15, -0.1) is 0 Å². The van der Waals surface area contributed by atoms with E-state index in [2.05, 4.69) is 6.92 Å². The molecule has 16 heavy (non-hydrogen) atoms. The van der Waals surface area contributed by atoms with Gasteiger partial charge < -0.3 is 4.42 Å². The van der Waals surface area contributed by atoms with E-state index in [1.807, 2.05) is 24.3 Å². The van der Waals surface area contributed by atoms with E-state index in [0.717, 1.165) is 24.0 Å². The van der Waals surface area contributed by atoms with E-state index in [1.165, 1.54) is 12.8 Å². The summed E-state index contributed by atoms with van der Waals surface area (Å²) < 4.78 is 5.28. The molecule has 84 valence electrons. The molecule has 0 atom stereocenters. The van der Waals surface area contributed by atoms with E-state index < -0.39 is 0 Å². The van der Waals surface area contributed by atoms with Crippen LogP contribution in [-0.2, 0) is 6.42 Å². The molecule has 0 radical (unpaired) electrons. The number of hydrogen-bond donors (Lipinski definition) is 0. The van der Waals surface area contributed by atoms with Crippen LogP contribution in [0.4, 0.5) is 0 Å². The van der Waals surface area contributed by atoms with E-state index in [9.17, 15) is 4.79 Å². The molecule has 0 N–H and O–H groups in total. The van der Waals surface area contributed by atoms with Crippen molar-refractivity contribution in [3.63, 3.8) is 0 Å². The molecule has 0 amide bonds. The summed E-state index contributed by atoms with van der Waals surface area (Å²) >= 11 is 0. The minimum Gasteiger partial charge on any atom is -0.427 e. The largest absolute Gasteiger partial charge is 0.427 e. The van der Waals surface area contributed by atoms with Gasteiger partial charge in [0.15, 0.2) is 0 Å². The molecule has 0 spiro atoms. The van der Waals surface area contributed by atoms with Crippen molar-refractivity contribution in [2.75, 3.05) is 0 Å². The van der Waals surface area contributed by atoms with E-state index in [0.29, 0.717) is 5.39 Å². The van der Waals surface area contributed by atoms with Gasteiger partial charge in [0, 0.05) is 6.42 Å². The molecule has 2 aromatic rings. The summed E-state index contributed by atoms with van der Waals surface area (Å²) in [5, 5.41) is 1.65. The highest BCUT2D eigenvalue weighted by Gasteiger charge is 2.03. The van der Waals surface area contributed by atoms with Crippen LogP contribution in [-0.4, -0.2) is 0 Å². The summed E-state index contributed by atoms with van der Waals surface area (Å²) in [5.74, 6) is 0.803. The first-order valence-electron chi connectivity index (χ1n) is 5.83. The maximum absolute atomic E-state index is 11.7. The third-order valence-corrected chi connectivity index (χ3v) is 2.75. The van der Waals surface area contributed by atoms with E-state index >= 15 is 0 Å². The molecule has 0 bridgehead atoms. The number of fused-ring (bicyclic) bond motifs is 1. The molecule has 2 nitrogen and oxygen atoms in total. The Morgan fingerprint density at radius 2 is 2.00 bits per heavy atom. The van der Waals surface area contributed by atoms with Crippen molar-refractivity contribution in [3.8, 4) is 0 Å². The Labute approximate surface area is 94.9 Å². The van der Waals surface area contributed by atoms with Crippen LogP contribution >= 0.6 is 0 Å². The maximum Gasteiger partial charge on any atom is 0.343 e. The van der Waals surface area contributed by atoms with Crippen LogP contribution in [0.3, 0.4) is 0 Å². The summed E-state index contributed by atoms with van der Waals surface area (Å²) in [6.07, 6.45) is 4.29. The van der Waals surface area contributed by atoms with Gasteiger partial charge in [-0.2, -0.15) is 0 Å². The van der Waals surface area contributed by atoms with E-state index in [1.54, 1.807) is 6.07 Å². The molecule has 1 heterocycles. The first-order valence-corrected chi connectivity index (χ1v) is 5.83. The lowest BCUT2D eigenvalue weighted by Crippen LogP contribution is -2.01. The van der Waals surface area contributed by atoms with Gasteiger partial charge >= 0.3 is 5.63 Å². The zero-order valence-corrected chi connectivity index (χ0v) is 9.53. The van der Waals surface area contributed by atoms with Gasteiger partial charge in [0.05, 0.1) is 5.39 Å². The average molecular weight is 216 g/mol. The van der Waals surface area contributed by atoms with Gasteiger partial charge in [0.25, 0.3) is 0 Å². The predicted octanol–water partition coefficient (Wildman–Crippen LogP) is 3.53. The van der Waals surface area contributed by atoms with Gasteiger partial charge in [0.1, 0.15) is 5.76 Å². The Kier molecular flexibility index (Phi) is 3.40. The molecular weight excluding hydrogens is 200 g/mol. The van der Waals surface area contributed by atoms with Crippen LogP contribution in [0.2, 0.25) is 0 Å². The average Bonchev–Trinajstić information content (AvgIpc) is 2.30. The molecule has 0 aliphatic rings. The SMILES string of the molecule is CCCCCc1cc2ccccc2c(=O)o1. The number of rotatable bonds is 4. The van der Waals surface area contributed by atoms with Crippen LogP contribution < -0.4 is 5.63 Å². The van der Waals surface area contributed by atoms with Crippen LogP contribution in [0.25, 0.3) is 10.8 Å². The number of hydrogen-bond acceptors (Lipinski definition) is 2. The summed E-state index contributed by atoms with van der Waals surface area (Å²) in [4.78, 5) is 11.7. The van der Waals surface area contributed by atoms with Gasteiger partial charge in [-0.1, -0.05) is 38.0 Å². The highest BCUT2D eigenvalue weighted by molar-refractivity contribution is 5.81. The molecule has 1 aromatic heterocycles. The van der Waals surface area contributed by atoms with Gasteiger partial charge in [0.2, 0.25) is 0 Å². The highest BCUT2D eigenvalue weighted by atomic mass is 16.4. The second-order valence-corrected chi connectivity index (χ2v) is 4.04. The molecule has 0 saturated heterocycles. The van der Waals surface area contributed by atoms with Crippen molar-refractivity contribution < 1.29 is 4.42 Å². The first kappa shape index (κ1) is 10.9. The minimum absolute atomic E-state index is 0.218. The lowest BCUT2D eigenvalue weighted by atomic mass is 10.1. The molecule has 0 saturated carbocycles. The van der Waals surface area contributed by atoms with Gasteiger partial charge in [-0.05, 0) is 23.9 Å². The molecule has 0 fully saturated rings. The molecule has 2 rings (SSSR count). The number of unbranched alkanes of at least 4 members (excludes halogenated alkanes) is 2. The third kappa shape index (κ3) is 2.32. The van der Waals surface area contributed by atoms with Crippen LogP contribution in [0, 0.1) is 0 Å². The first-order chi connectivity index (χ1) is 7.81. The normalized spacial score (nSPS) is 10.8. The van der Waals surface area contributed by atoms with Crippen molar-refractivity contribution in [2.45, 2.75) is 32.6 Å². The molecule has 1 aromatic carbocycles. The quantitative estimate of drug-likeness (QED) is 0.732. The highest BCUT2D eigenvalue weighted by Crippen LogP contribution is 2.13. The fraction of sp³-hybridized carbons (Fsp3) is 0.357. The monoisotopic (exact) mass is 216 g/mol. The fourth-order valence-corrected chi connectivity index (χ4v) is 1.86. The number of aryl methyl sites for hydroxylation is 1. The van der Waals surface area contributed by atoms with Gasteiger partial charge in [-0.25, -0.2) is 4.79 Å². The van der Waals surface area contributed by atoms with Crippen molar-refractivity contribution >= 4 is 10.8 Å². The van der Waals surface area contributed by atoms with Crippen LogP contribution in [0.15, 0.2) is 39.5 Å². The van der Waals surface area contributed by atoms with E-state index in [-0.39, 0.29) is 5.63 Å². The van der Waals surface area contributed by atoms with Crippen molar-refractivity contribution in [2.24, 2.45) is 0 Å². The smallest absolute Gasteiger partial charge is 0.343 e. The second kappa shape index (κ2) is 4.97. The van der Waals surface area contributed by atoms with Gasteiger partial charge in [-0.3, -0.25) is 0 Å². The Bertz CT molecular complexity index is 525. The fourth-order valence-electron chi connectivity index (χ4n) is 1.86. The summed E-state index contributed by atoms with van der Waals surface area (Å²) in [7, 11) is 0. The maximum atomic E-state index is 11.7. The Hall–Kier alpha value is -1.57. The van der Waals surface area contributed by atoms with Crippen LogP contribution in [0.1, 0.15) is 31.9 Å². The molecule has 0 unspecified atom stereocenters. The van der Waals surface area contributed by atoms with Crippen molar-refractivity contribution in [3.05, 3.63) is 46.5 Å². The standard InChI is InChI=1S/C14H16O2/c1-2-3-4-8-12-10-11-7-5-6-9-13(11)14(15)16-12/h5-7,9-10H,2-4,8H2,1H3. The minimum atomic E-state index is -0.218. The van der Waals surface area contributed by atoms with Crippen molar-refractivity contribution in [1.29, 1.82) is 0 Å². The topological polar surface area (TPSA) is 30.2 Å². The molecule has 0 aliphatic carbocycles. The Morgan fingerprint density at radius 1 is 1.19 bits per heavy atom. The summed E-state index contributed by atoms with van der Waals surface area (Å²) in [6.45, 7) is 2.16. The second-order valence-electron chi connectivity index (χ2n) is 4.04. The lowest BCUT2D eigenvalue weighted by Gasteiger charge is -2.01. The molecular formula is C14H16O2. The number of benzene rings is 1. The summed E-state index contributed by atoms with van der Waals surface area (Å²) in [6, 6.07) is 9.53.